The molecule has 0 aromatic heterocycles. The number of rotatable bonds is 4. The van der Waals surface area contributed by atoms with E-state index in [2.05, 4.69) is 15.9 Å². The molecule has 0 radical (unpaired) electrons. The van der Waals surface area contributed by atoms with Crippen LogP contribution in [0.5, 0.6) is 11.5 Å². The topological polar surface area (TPSA) is 52.6 Å². The average molecular weight is 330 g/mol. The van der Waals surface area contributed by atoms with Crippen molar-refractivity contribution >= 4 is 35.7 Å². The molecule has 0 atom stereocenters. The van der Waals surface area contributed by atoms with E-state index in [1.54, 1.807) is 12.1 Å². The van der Waals surface area contributed by atoms with Crippen LogP contribution < -0.4 is 9.47 Å². The molecule has 0 saturated carbocycles. The first-order valence-electron chi connectivity index (χ1n) is 4.20. The van der Waals surface area contributed by atoms with Crippen molar-refractivity contribution in [2.45, 2.75) is 5.75 Å². The first-order valence-corrected chi connectivity index (χ1v) is 7.48. The SMILES string of the molecule is COc1ccc(CS(=O)(=O)Cl)c(Br)c1OC. The molecule has 0 heterocycles. The number of methoxy groups -OCH3 is 2. The summed E-state index contributed by atoms with van der Waals surface area (Å²) in [4.78, 5) is 0. The van der Waals surface area contributed by atoms with E-state index in [1.165, 1.54) is 14.2 Å². The molecule has 0 aliphatic carbocycles. The highest BCUT2D eigenvalue weighted by molar-refractivity contribution is 9.10. The highest BCUT2D eigenvalue weighted by atomic mass is 79.9. The molecule has 1 rings (SSSR count). The van der Waals surface area contributed by atoms with Gasteiger partial charge >= 0.3 is 0 Å². The molecule has 4 nitrogen and oxygen atoms in total. The van der Waals surface area contributed by atoms with Gasteiger partial charge in [-0.3, -0.25) is 0 Å². The Bertz CT molecular complexity index is 487. The Kier molecular flexibility index (Phi) is 4.46. The van der Waals surface area contributed by atoms with Crippen molar-refractivity contribution in [1.29, 1.82) is 0 Å². The highest BCUT2D eigenvalue weighted by Crippen LogP contribution is 2.38. The molecule has 16 heavy (non-hydrogen) atoms. The van der Waals surface area contributed by atoms with Crippen molar-refractivity contribution in [2.24, 2.45) is 0 Å². The van der Waals surface area contributed by atoms with Crippen LogP contribution in [0, 0.1) is 0 Å². The molecule has 0 N–H and O–H groups in total. The predicted molar refractivity (Wildman–Crippen MR) is 65.7 cm³/mol. The van der Waals surface area contributed by atoms with Crippen molar-refractivity contribution in [3.05, 3.63) is 22.2 Å². The number of hydrogen-bond acceptors (Lipinski definition) is 4. The molecular formula is C9H10BrClO4S. The summed E-state index contributed by atoms with van der Waals surface area (Å²) in [5.41, 5.74) is 0.521. The van der Waals surface area contributed by atoms with E-state index < -0.39 is 9.05 Å². The normalized spacial score (nSPS) is 11.2. The monoisotopic (exact) mass is 328 g/mol. The zero-order chi connectivity index (χ0) is 12.3. The number of benzene rings is 1. The Morgan fingerprint density at radius 2 is 1.94 bits per heavy atom. The molecule has 0 unspecified atom stereocenters. The van der Waals surface area contributed by atoms with E-state index in [-0.39, 0.29) is 5.75 Å². The van der Waals surface area contributed by atoms with Crippen molar-refractivity contribution in [2.75, 3.05) is 14.2 Å². The number of hydrogen-bond donors (Lipinski definition) is 0. The Labute approximate surface area is 107 Å². The van der Waals surface area contributed by atoms with Crippen LogP contribution in [0.4, 0.5) is 0 Å². The third-order valence-electron chi connectivity index (χ3n) is 1.89. The van der Waals surface area contributed by atoms with E-state index in [1.807, 2.05) is 0 Å². The van der Waals surface area contributed by atoms with Crippen LogP contribution in [-0.2, 0) is 14.8 Å². The largest absolute Gasteiger partial charge is 0.493 e. The first kappa shape index (κ1) is 13.6. The van der Waals surface area contributed by atoms with Gasteiger partial charge in [0.05, 0.1) is 24.4 Å². The van der Waals surface area contributed by atoms with E-state index in [9.17, 15) is 8.42 Å². The molecule has 0 amide bonds. The smallest absolute Gasteiger partial charge is 0.236 e. The Morgan fingerprint density at radius 1 is 1.31 bits per heavy atom. The van der Waals surface area contributed by atoms with Gasteiger partial charge in [0.1, 0.15) is 0 Å². The van der Waals surface area contributed by atoms with Crippen LogP contribution in [0.25, 0.3) is 0 Å². The Morgan fingerprint density at radius 3 is 2.38 bits per heavy atom. The average Bonchev–Trinajstić information content (AvgIpc) is 2.19. The minimum atomic E-state index is -3.60. The lowest BCUT2D eigenvalue weighted by atomic mass is 10.2. The molecule has 0 fully saturated rings. The summed E-state index contributed by atoms with van der Waals surface area (Å²) in [6.07, 6.45) is 0. The highest BCUT2D eigenvalue weighted by Gasteiger charge is 2.16. The van der Waals surface area contributed by atoms with Gasteiger partial charge in [0.2, 0.25) is 9.05 Å². The summed E-state index contributed by atoms with van der Waals surface area (Å²) < 4.78 is 32.7. The maximum absolute atomic E-state index is 11.0. The van der Waals surface area contributed by atoms with Gasteiger partial charge in [0, 0.05) is 10.7 Å². The summed E-state index contributed by atoms with van der Waals surface area (Å²) in [5, 5.41) is 0. The van der Waals surface area contributed by atoms with Crippen molar-refractivity contribution < 1.29 is 17.9 Å². The van der Waals surface area contributed by atoms with Gasteiger partial charge in [0.25, 0.3) is 0 Å². The molecule has 0 spiro atoms. The van der Waals surface area contributed by atoms with E-state index in [0.29, 0.717) is 21.5 Å². The molecule has 0 saturated heterocycles. The van der Waals surface area contributed by atoms with Crippen LogP contribution in [0.15, 0.2) is 16.6 Å². The molecule has 0 aliphatic rings. The Balaban J connectivity index is 3.24. The number of ether oxygens (including phenoxy) is 2. The number of halogens is 2. The summed E-state index contributed by atoms with van der Waals surface area (Å²) in [7, 11) is 4.57. The second kappa shape index (κ2) is 5.25. The molecule has 90 valence electrons. The van der Waals surface area contributed by atoms with Crippen molar-refractivity contribution in [1.82, 2.24) is 0 Å². The summed E-state index contributed by atoms with van der Waals surface area (Å²) in [6, 6.07) is 3.24. The lowest BCUT2D eigenvalue weighted by molar-refractivity contribution is 0.352. The molecule has 7 heteroatoms. The summed E-state index contributed by atoms with van der Waals surface area (Å²) in [6.45, 7) is 0. The van der Waals surface area contributed by atoms with Gasteiger partial charge in [-0.05, 0) is 27.6 Å². The van der Waals surface area contributed by atoms with Gasteiger partial charge in [0.15, 0.2) is 11.5 Å². The molecule has 0 bridgehead atoms. The van der Waals surface area contributed by atoms with Crippen molar-refractivity contribution in [3.63, 3.8) is 0 Å². The molecule has 1 aromatic rings. The van der Waals surface area contributed by atoms with Gasteiger partial charge in [-0.25, -0.2) is 8.42 Å². The lowest BCUT2D eigenvalue weighted by Crippen LogP contribution is -1.99. The predicted octanol–water partition coefficient (Wildman–Crippen LogP) is 2.53. The van der Waals surface area contributed by atoms with Crippen LogP contribution in [0.3, 0.4) is 0 Å². The van der Waals surface area contributed by atoms with Crippen molar-refractivity contribution in [3.8, 4) is 11.5 Å². The maximum atomic E-state index is 11.0. The lowest BCUT2D eigenvalue weighted by Gasteiger charge is -2.12. The minimum Gasteiger partial charge on any atom is -0.493 e. The van der Waals surface area contributed by atoms with E-state index in [4.69, 9.17) is 20.2 Å². The fourth-order valence-corrected chi connectivity index (χ4v) is 3.01. The van der Waals surface area contributed by atoms with Gasteiger partial charge in [-0.15, -0.1) is 0 Å². The summed E-state index contributed by atoms with van der Waals surface area (Å²) >= 11 is 3.26. The van der Waals surface area contributed by atoms with Crippen LogP contribution >= 0.6 is 26.6 Å². The minimum absolute atomic E-state index is 0.268. The molecule has 0 aliphatic heterocycles. The fourth-order valence-electron chi connectivity index (χ4n) is 1.23. The van der Waals surface area contributed by atoms with Gasteiger partial charge in [-0.2, -0.15) is 0 Å². The van der Waals surface area contributed by atoms with E-state index >= 15 is 0 Å². The second-order valence-corrected chi connectivity index (χ2v) is 6.53. The second-order valence-electron chi connectivity index (χ2n) is 2.96. The zero-order valence-corrected chi connectivity index (χ0v) is 11.8. The standard InChI is InChI=1S/C9H10BrClO4S/c1-14-7-4-3-6(5-16(11,12)13)8(10)9(7)15-2/h3-4H,5H2,1-2H3. The third-order valence-corrected chi connectivity index (χ3v) is 3.75. The third kappa shape index (κ3) is 3.26. The fraction of sp³-hybridized carbons (Fsp3) is 0.333. The van der Waals surface area contributed by atoms with Gasteiger partial charge in [-0.1, -0.05) is 6.07 Å². The zero-order valence-electron chi connectivity index (χ0n) is 8.66. The van der Waals surface area contributed by atoms with Gasteiger partial charge < -0.3 is 9.47 Å². The quantitative estimate of drug-likeness (QED) is 0.797. The van der Waals surface area contributed by atoms with Crippen LogP contribution in [-0.4, -0.2) is 22.6 Å². The Hall–Kier alpha value is -0.460. The maximum Gasteiger partial charge on any atom is 0.236 e. The first-order chi connectivity index (χ1) is 7.39. The molecular weight excluding hydrogens is 320 g/mol. The molecule has 1 aromatic carbocycles. The van der Waals surface area contributed by atoms with E-state index in [0.717, 1.165) is 0 Å². The van der Waals surface area contributed by atoms with Crippen LogP contribution in [0.1, 0.15) is 5.56 Å². The van der Waals surface area contributed by atoms with Crippen LogP contribution in [0.2, 0.25) is 0 Å². The summed E-state index contributed by atoms with van der Waals surface area (Å²) in [5.74, 6) is 0.695.